The maximum absolute atomic E-state index is 6.28. The number of thiophene rings is 2. The van der Waals surface area contributed by atoms with Gasteiger partial charge in [0.15, 0.2) is 0 Å². The fraction of sp³-hybridized carbons (Fsp3) is 0.385. The van der Waals surface area contributed by atoms with Gasteiger partial charge in [0.1, 0.15) is 0 Å². The van der Waals surface area contributed by atoms with Gasteiger partial charge in [0, 0.05) is 9.75 Å². The molecule has 1 nitrogen and oxygen atoms in total. The van der Waals surface area contributed by atoms with Gasteiger partial charge >= 0.3 is 0 Å². The molecule has 0 aliphatic heterocycles. The highest BCUT2D eigenvalue weighted by atomic mass is 79.9. The molecular formula is C13H16BrNS2. The molecule has 2 rings (SSSR count). The van der Waals surface area contributed by atoms with Crippen LogP contribution in [0.5, 0.6) is 0 Å². The molecule has 92 valence electrons. The molecule has 0 fully saturated rings. The highest BCUT2D eigenvalue weighted by Gasteiger charge is 2.19. The lowest BCUT2D eigenvalue weighted by Gasteiger charge is -2.15. The quantitative estimate of drug-likeness (QED) is 0.831. The Morgan fingerprint density at radius 1 is 1.29 bits per heavy atom. The Bertz CT molecular complexity index is 507. The summed E-state index contributed by atoms with van der Waals surface area (Å²) in [6, 6.07) is 6.45. The highest BCUT2D eigenvalue weighted by Crippen LogP contribution is 2.35. The molecule has 2 heterocycles. The fourth-order valence-electron chi connectivity index (χ4n) is 1.57. The van der Waals surface area contributed by atoms with Crippen molar-refractivity contribution in [3.63, 3.8) is 0 Å². The molecule has 17 heavy (non-hydrogen) atoms. The number of rotatable bonds is 2. The first kappa shape index (κ1) is 13.3. The first-order valence-electron chi connectivity index (χ1n) is 5.47. The summed E-state index contributed by atoms with van der Waals surface area (Å²) >= 11 is 6.97. The third-order valence-electron chi connectivity index (χ3n) is 2.62. The van der Waals surface area contributed by atoms with Gasteiger partial charge in [-0.25, -0.2) is 0 Å². The Morgan fingerprint density at radius 3 is 2.47 bits per heavy atom. The zero-order valence-corrected chi connectivity index (χ0v) is 13.4. The third-order valence-corrected chi connectivity index (χ3v) is 5.74. The highest BCUT2D eigenvalue weighted by molar-refractivity contribution is 9.11. The van der Waals surface area contributed by atoms with E-state index in [4.69, 9.17) is 5.73 Å². The molecular weight excluding hydrogens is 314 g/mol. The van der Waals surface area contributed by atoms with Crippen LogP contribution >= 0.6 is 38.6 Å². The summed E-state index contributed by atoms with van der Waals surface area (Å²) in [6.07, 6.45) is 0. The minimum atomic E-state index is -0.00125. The Balaban J connectivity index is 2.26. The summed E-state index contributed by atoms with van der Waals surface area (Å²) in [5, 5.41) is 2.12. The molecule has 0 aliphatic carbocycles. The molecule has 1 unspecified atom stereocenters. The van der Waals surface area contributed by atoms with Crippen LogP contribution in [0.2, 0.25) is 0 Å². The lowest BCUT2D eigenvalue weighted by molar-refractivity contribution is 0.604. The smallest absolute Gasteiger partial charge is 0.0701 e. The normalized spacial score (nSPS) is 13.9. The molecule has 0 amide bonds. The molecule has 0 aliphatic rings. The number of hydrogen-bond acceptors (Lipinski definition) is 3. The second kappa shape index (κ2) is 4.84. The van der Waals surface area contributed by atoms with Crippen molar-refractivity contribution >= 4 is 38.6 Å². The zero-order valence-electron chi connectivity index (χ0n) is 10.2. The topological polar surface area (TPSA) is 26.0 Å². The van der Waals surface area contributed by atoms with Crippen LogP contribution in [0.3, 0.4) is 0 Å². The number of hydrogen-bond donors (Lipinski definition) is 1. The van der Waals surface area contributed by atoms with E-state index in [1.54, 1.807) is 11.3 Å². The molecule has 4 heteroatoms. The van der Waals surface area contributed by atoms with Crippen LogP contribution in [0, 0.1) is 0 Å². The van der Waals surface area contributed by atoms with Crippen LogP contribution in [0.1, 0.15) is 42.1 Å². The van der Waals surface area contributed by atoms with Crippen LogP contribution in [0.4, 0.5) is 0 Å². The molecule has 0 radical (unpaired) electrons. The van der Waals surface area contributed by atoms with Crippen molar-refractivity contribution in [3.8, 4) is 0 Å². The van der Waals surface area contributed by atoms with Gasteiger partial charge in [0.25, 0.3) is 0 Å². The molecule has 2 aromatic rings. The minimum absolute atomic E-state index is 0.00125. The van der Waals surface area contributed by atoms with Crippen LogP contribution in [0.25, 0.3) is 0 Å². The molecule has 0 saturated heterocycles. The van der Waals surface area contributed by atoms with Crippen molar-refractivity contribution in [1.82, 2.24) is 0 Å². The molecule has 0 aromatic carbocycles. The standard InChI is InChI=1S/C13H16BrNS2/c1-13(2,3)10-5-4-9(17-10)12(15)8-6-11(14)16-7-8/h4-7,12H,15H2,1-3H3. The Kier molecular flexibility index (Phi) is 3.78. The van der Waals surface area contributed by atoms with Gasteiger partial charge in [-0.2, -0.15) is 0 Å². The van der Waals surface area contributed by atoms with Gasteiger partial charge < -0.3 is 5.73 Å². The predicted molar refractivity (Wildman–Crippen MR) is 81.1 cm³/mol. The van der Waals surface area contributed by atoms with Crippen LogP contribution in [-0.2, 0) is 5.41 Å². The Morgan fingerprint density at radius 2 is 2.00 bits per heavy atom. The molecule has 0 bridgehead atoms. The van der Waals surface area contributed by atoms with Gasteiger partial charge in [0.05, 0.1) is 9.83 Å². The molecule has 1 atom stereocenters. The van der Waals surface area contributed by atoms with Crippen molar-refractivity contribution in [1.29, 1.82) is 0 Å². The lowest BCUT2D eigenvalue weighted by Crippen LogP contribution is -2.09. The first-order valence-corrected chi connectivity index (χ1v) is 7.96. The predicted octanol–water partition coefficient (Wildman–Crippen LogP) is 4.92. The number of nitrogens with two attached hydrogens (primary N) is 1. The number of halogens is 1. The molecule has 2 aromatic heterocycles. The maximum Gasteiger partial charge on any atom is 0.0701 e. The maximum atomic E-state index is 6.28. The minimum Gasteiger partial charge on any atom is -0.320 e. The van der Waals surface area contributed by atoms with E-state index in [0.29, 0.717) is 0 Å². The summed E-state index contributed by atoms with van der Waals surface area (Å²) in [5.74, 6) is 0. The average molecular weight is 330 g/mol. The van der Waals surface area contributed by atoms with Gasteiger partial charge in [-0.1, -0.05) is 20.8 Å². The van der Waals surface area contributed by atoms with Crippen molar-refractivity contribution < 1.29 is 0 Å². The molecule has 0 spiro atoms. The Hall–Kier alpha value is -0.160. The van der Waals surface area contributed by atoms with Crippen LogP contribution in [-0.4, -0.2) is 0 Å². The monoisotopic (exact) mass is 329 g/mol. The largest absolute Gasteiger partial charge is 0.320 e. The average Bonchev–Trinajstić information content (AvgIpc) is 2.83. The van der Waals surface area contributed by atoms with Crippen molar-refractivity contribution in [2.24, 2.45) is 5.73 Å². The lowest BCUT2D eigenvalue weighted by atomic mass is 9.95. The van der Waals surface area contributed by atoms with E-state index in [2.05, 4.69) is 60.3 Å². The van der Waals surface area contributed by atoms with Crippen molar-refractivity contribution in [3.05, 3.63) is 42.7 Å². The van der Waals surface area contributed by atoms with E-state index in [1.807, 2.05) is 11.3 Å². The van der Waals surface area contributed by atoms with Gasteiger partial charge in [-0.3, -0.25) is 0 Å². The first-order chi connectivity index (χ1) is 7.88. The van der Waals surface area contributed by atoms with Crippen LogP contribution in [0.15, 0.2) is 27.4 Å². The van der Waals surface area contributed by atoms with Gasteiger partial charge in [-0.15, -0.1) is 22.7 Å². The van der Waals surface area contributed by atoms with E-state index in [1.165, 1.54) is 15.3 Å². The zero-order chi connectivity index (χ0) is 12.6. The van der Waals surface area contributed by atoms with Gasteiger partial charge in [0.2, 0.25) is 0 Å². The summed E-state index contributed by atoms with van der Waals surface area (Å²) in [4.78, 5) is 2.62. The van der Waals surface area contributed by atoms with Crippen molar-refractivity contribution in [2.75, 3.05) is 0 Å². The van der Waals surface area contributed by atoms with Crippen molar-refractivity contribution in [2.45, 2.75) is 32.2 Å². The summed E-state index contributed by atoms with van der Waals surface area (Å²) in [7, 11) is 0. The van der Waals surface area contributed by atoms with E-state index in [-0.39, 0.29) is 11.5 Å². The second-order valence-corrected chi connectivity index (χ2v) is 8.52. The summed E-state index contributed by atoms with van der Waals surface area (Å²) in [5.41, 5.74) is 7.67. The molecule has 0 saturated carbocycles. The molecule has 2 N–H and O–H groups in total. The SMILES string of the molecule is CC(C)(C)c1ccc(C(N)c2csc(Br)c2)s1. The van der Waals surface area contributed by atoms with Gasteiger partial charge in [-0.05, 0) is 50.5 Å². The summed E-state index contributed by atoms with van der Waals surface area (Å²) < 4.78 is 1.13. The Labute approximate surface area is 119 Å². The van der Waals surface area contributed by atoms with E-state index < -0.39 is 0 Å². The van der Waals surface area contributed by atoms with Crippen LogP contribution < -0.4 is 5.73 Å². The van der Waals surface area contributed by atoms with E-state index in [0.717, 1.165) is 3.79 Å². The second-order valence-electron chi connectivity index (χ2n) is 5.11. The van der Waals surface area contributed by atoms with E-state index in [9.17, 15) is 0 Å². The third kappa shape index (κ3) is 2.99. The summed E-state index contributed by atoms with van der Waals surface area (Å²) in [6.45, 7) is 6.69. The van der Waals surface area contributed by atoms with E-state index >= 15 is 0 Å². The fourth-order valence-corrected chi connectivity index (χ4v) is 3.88.